The zero-order chi connectivity index (χ0) is 20.4. The summed E-state index contributed by atoms with van der Waals surface area (Å²) < 4.78 is 28.4. The molecule has 1 atom stereocenters. The lowest BCUT2D eigenvalue weighted by molar-refractivity contribution is 0.519. The van der Waals surface area contributed by atoms with Gasteiger partial charge in [-0.25, -0.2) is 18.9 Å². The molecule has 2 heterocycles. The minimum absolute atomic E-state index is 0.113. The smallest absolute Gasteiger partial charge is 0.243 e. The summed E-state index contributed by atoms with van der Waals surface area (Å²) in [5, 5.41) is 13.7. The van der Waals surface area contributed by atoms with Crippen LogP contribution in [0.4, 0.5) is 14.7 Å². The maximum Gasteiger partial charge on any atom is 0.243 e. The molecule has 0 bridgehead atoms. The van der Waals surface area contributed by atoms with Crippen LogP contribution in [0.3, 0.4) is 0 Å². The van der Waals surface area contributed by atoms with E-state index >= 15 is 0 Å². The summed E-state index contributed by atoms with van der Waals surface area (Å²) in [6.45, 7) is 2.26. The molecule has 0 aliphatic carbocycles. The number of aryl methyl sites for hydroxylation is 1. The number of halogens is 2. The molecule has 150 valence electrons. The fourth-order valence-corrected chi connectivity index (χ4v) is 4.76. The van der Waals surface area contributed by atoms with Gasteiger partial charge in [0.25, 0.3) is 0 Å². The quantitative estimate of drug-likeness (QED) is 0.639. The first kappa shape index (κ1) is 19.5. The van der Waals surface area contributed by atoms with E-state index in [-0.39, 0.29) is 5.56 Å². The Labute approximate surface area is 171 Å². The topological polar surface area (TPSA) is 83.2 Å². The van der Waals surface area contributed by atoms with Crippen molar-refractivity contribution >= 4 is 22.8 Å². The Bertz CT molecular complexity index is 1040. The second-order valence-corrected chi connectivity index (χ2v) is 7.96. The zero-order valence-corrected chi connectivity index (χ0v) is 16.6. The molecule has 1 aliphatic rings. The highest BCUT2D eigenvalue weighted by atomic mass is 32.2. The molecule has 0 spiro atoms. The van der Waals surface area contributed by atoms with Crippen LogP contribution < -0.4 is 10.7 Å². The summed E-state index contributed by atoms with van der Waals surface area (Å²) in [6, 6.07) is 13.1. The van der Waals surface area contributed by atoms with Gasteiger partial charge in [-0.05, 0) is 50.1 Å². The van der Waals surface area contributed by atoms with E-state index < -0.39 is 16.5 Å². The number of thioether (sulfide) groups is 1. The maximum absolute atomic E-state index is 14.5. The van der Waals surface area contributed by atoms with Crippen LogP contribution in [-0.2, 0) is 4.87 Å². The molecule has 1 aliphatic heterocycles. The Morgan fingerprint density at radius 2 is 1.97 bits per heavy atom. The third kappa shape index (κ3) is 3.63. The summed E-state index contributed by atoms with van der Waals surface area (Å²) in [4.78, 5) is 3.71. The lowest BCUT2D eigenvalue weighted by Gasteiger charge is -2.35. The Morgan fingerprint density at radius 1 is 1.17 bits per heavy atom. The van der Waals surface area contributed by atoms with Gasteiger partial charge in [-0.1, -0.05) is 42.1 Å². The summed E-state index contributed by atoms with van der Waals surface area (Å²) in [5.41, 5.74) is 6.88. The highest BCUT2D eigenvalue weighted by molar-refractivity contribution is 8.15. The second kappa shape index (κ2) is 7.92. The highest BCUT2D eigenvalue weighted by Gasteiger charge is 2.47. The number of hydrazone groups is 1. The SMILES string of the molecule is Cc1n[nH]c(N2N=C(c3cc(F)ccc3F)SC2(CCCN)c2ccccc2)n1. The van der Waals surface area contributed by atoms with E-state index in [0.29, 0.717) is 36.2 Å². The summed E-state index contributed by atoms with van der Waals surface area (Å²) >= 11 is 1.37. The molecular weight excluding hydrogens is 394 g/mol. The lowest BCUT2D eigenvalue weighted by Crippen LogP contribution is -2.38. The van der Waals surface area contributed by atoms with Gasteiger partial charge in [0, 0.05) is 5.56 Å². The Morgan fingerprint density at radius 3 is 2.66 bits per heavy atom. The monoisotopic (exact) mass is 414 g/mol. The molecule has 0 fully saturated rings. The molecule has 1 unspecified atom stereocenters. The average molecular weight is 414 g/mol. The van der Waals surface area contributed by atoms with Crippen molar-refractivity contribution in [2.45, 2.75) is 24.6 Å². The number of nitrogens with one attached hydrogen (secondary N) is 1. The number of anilines is 1. The van der Waals surface area contributed by atoms with E-state index in [1.807, 2.05) is 30.3 Å². The Hall–Kier alpha value is -2.78. The number of nitrogens with zero attached hydrogens (tertiary/aromatic N) is 4. The molecule has 0 saturated heterocycles. The minimum atomic E-state index is -0.722. The molecular formula is C20H20F2N6S. The molecule has 29 heavy (non-hydrogen) atoms. The van der Waals surface area contributed by atoms with E-state index in [0.717, 1.165) is 23.8 Å². The molecule has 0 radical (unpaired) electrons. The fourth-order valence-electron chi connectivity index (χ4n) is 3.34. The number of rotatable bonds is 6. The first-order valence-corrected chi connectivity index (χ1v) is 10.0. The van der Waals surface area contributed by atoms with E-state index in [9.17, 15) is 8.78 Å². The molecule has 1 aromatic heterocycles. The number of hydrogen-bond donors (Lipinski definition) is 2. The molecule has 0 saturated carbocycles. The first-order chi connectivity index (χ1) is 14.0. The van der Waals surface area contributed by atoms with E-state index in [1.54, 1.807) is 11.9 Å². The predicted molar refractivity (Wildman–Crippen MR) is 110 cm³/mol. The third-order valence-electron chi connectivity index (χ3n) is 4.69. The van der Waals surface area contributed by atoms with E-state index in [2.05, 4.69) is 20.3 Å². The van der Waals surface area contributed by atoms with Crippen LogP contribution in [-0.4, -0.2) is 26.8 Å². The number of benzene rings is 2. The van der Waals surface area contributed by atoms with Crippen molar-refractivity contribution in [3.05, 3.63) is 77.1 Å². The standard InChI is InChI=1S/C20H20F2N6S/c1-13-24-19(26-25-13)28-20(10-5-11-23,14-6-3-2-4-7-14)29-18(27-28)16-12-15(21)8-9-17(16)22/h2-4,6-9,12H,5,10-11,23H2,1H3,(H,24,25,26). The Balaban J connectivity index is 1.88. The molecule has 3 N–H and O–H groups in total. The van der Waals surface area contributed by atoms with Gasteiger partial charge >= 0.3 is 0 Å². The molecule has 3 aromatic rings. The highest BCUT2D eigenvalue weighted by Crippen LogP contribution is 2.51. The van der Waals surface area contributed by atoms with Gasteiger partial charge in [-0.15, -0.1) is 0 Å². The lowest BCUT2D eigenvalue weighted by atomic mass is 10.0. The zero-order valence-electron chi connectivity index (χ0n) is 15.8. The fraction of sp³-hybridized carbons (Fsp3) is 0.250. The summed E-state index contributed by atoms with van der Waals surface area (Å²) in [5.74, 6) is -0.0611. The Kier molecular flexibility index (Phi) is 5.33. The average Bonchev–Trinajstić information content (AvgIpc) is 3.33. The van der Waals surface area contributed by atoms with Crippen LogP contribution in [0, 0.1) is 18.6 Å². The van der Waals surface area contributed by atoms with Gasteiger partial charge < -0.3 is 5.73 Å². The maximum atomic E-state index is 14.5. The van der Waals surface area contributed by atoms with E-state index in [1.165, 1.54) is 11.8 Å². The number of nitrogens with two attached hydrogens (primary N) is 1. The third-order valence-corrected chi connectivity index (χ3v) is 6.13. The van der Waals surface area contributed by atoms with Gasteiger partial charge in [0.05, 0.1) is 0 Å². The van der Waals surface area contributed by atoms with Crippen molar-refractivity contribution in [1.82, 2.24) is 15.2 Å². The number of aromatic amines is 1. The largest absolute Gasteiger partial charge is 0.330 e. The summed E-state index contributed by atoms with van der Waals surface area (Å²) in [6.07, 6.45) is 1.34. The molecule has 0 amide bonds. The van der Waals surface area contributed by atoms with Gasteiger partial charge in [0.2, 0.25) is 5.95 Å². The van der Waals surface area contributed by atoms with Gasteiger partial charge in [0.1, 0.15) is 27.4 Å². The number of H-pyrrole nitrogens is 1. The van der Waals surface area contributed by atoms with Crippen molar-refractivity contribution in [3.8, 4) is 0 Å². The molecule has 6 nitrogen and oxygen atoms in total. The van der Waals surface area contributed by atoms with Crippen molar-refractivity contribution in [2.75, 3.05) is 11.6 Å². The van der Waals surface area contributed by atoms with Crippen LogP contribution in [0.5, 0.6) is 0 Å². The number of aromatic nitrogens is 3. The van der Waals surface area contributed by atoms with Gasteiger partial charge in [-0.2, -0.15) is 15.2 Å². The van der Waals surface area contributed by atoms with Crippen LogP contribution in [0.15, 0.2) is 53.6 Å². The first-order valence-electron chi connectivity index (χ1n) is 9.21. The molecule has 9 heteroatoms. The second-order valence-electron chi connectivity index (χ2n) is 6.69. The van der Waals surface area contributed by atoms with Crippen LogP contribution >= 0.6 is 11.8 Å². The van der Waals surface area contributed by atoms with Crippen molar-refractivity contribution < 1.29 is 8.78 Å². The molecule has 4 rings (SSSR count). The minimum Gasteiger partial charge on any atom is -0.330 e. The number of hydrogen-bond acceptors (Lipinski definition) is 6. The van der Waals surface area contributed by atoms with Crippen LogP contribution in [0.25, 0.3) is 0 Å². The van der Waals surface area contributed by atoms with Gasteiger partial charge in [0.15, 0.2) is 0 Å². The van der Waals surface area contributed by atoms with Crippen molar-refractivity contribution in [3.63, 3.8) is 0 Å². The summed E-state index contributed by atoms with van der Waals surface area (Å²) in [7, 11) is 0. The normalized spacial score (nSPS) is 18.9. The van der Waals surface area contributed by atoms with Crippen LogP contribution in [0.2, 0.25) is 0 Å². The van der Waals surface area contributed by atoms with Crippen LogP contribution in [0.1, 0.15) is 29.8 Å². The van der Waals surface area contributed by atoms with Crippen molar-refractivity contribution in [2.24, 2.45) is 10.8 Å². The predicted octanol–water partition coefficient (Wildman–Crippen LogP) is 3.90. The van der Waals surface area contributed by atoms with E-state index in [4.69, 9.17) is 5.73 Å². The van der Waals surface area contributed by atoms with Gasteiger partial charge in [-0.3, -0.25) is 0 Å². The molecule has 2 aromatic carbocycles. The van der Waals surface area contributed by atoms with Crippen molar-refractivity contribution in [1.29, 1.82) is 0 Å².